The summed E-state index contributed by atoms with van der Waals surface area (Å²) < 4.78 is 13.2. The number of fused-ring (bicyclic) bond motifs is 1. The number of halogens is 2. The van der Waals surface area contributed by atoms with Gasteiger partial charge in [0.05, 0.1) is 5.02 Å². The minimum absolute atomic E-state index is 0.115. The third-order valence-corrected chi connectivity index (χ3v) is 5.51. The van der Waals surface area contributed by atoms with Gasteiger partial charge in [0, 0.05) is 16.2 Å². The smallest absolute Gasteiger partial charge is 0.141 e. The lowest BCUT2D eigenvalue weighted by Gasteiger charge is -2.22. The van der Waals surface area contributed by atoms with Crippen molar-refractivity contribution >= 4 is 23.4 Å². The van der Waals surface area contributed by atoms with Gasteiger partial charge in [0.1, 0.15) is 5.82 Å². The Labute approximate surface area is 132 Å². The Bertz CT molecular complexity index is 625. The van der Waals surface area contributed by atoms with Gasteiger partial charge in [0.25, 0.3) is 0 Å². The van der Waals surface area contributed by atoms with Gasteiger partial charge in [0.15, 0.2) is 0 Å². The minimum Gasteiger partial charge on any atom is -0.271 e. The van der Waals surface area contributed by atoms with E-state index in [0.29, 0.717) is 5.25 Å². The predicted molar refractivity (Wildman–Crippen MR) is 86.0 cm³/mol. The molecule has 0 fully saturated rings. The molecule has 0 saturated carbocycles. The van der Waals surface area contributed by atoms with E-state index in [9.17, 15) is 4.39 Å². The molecule has 1 aliphatic rings. The van der Waals surface area contributed by atoms with Gasteiger partial charge in [-0.05, 0) is 42.2 Å². The molecule has 0 spiro atoms. The Morgan fingerprint density at radius 2 is 2.14 bits per heavy atom. The fourth-order valence-corrected chi connectivity index (χ4v) is 4.24. The van der Waals surface area contributed by atoms with Crippen LogP contribution >= 0.6 is 23.4 Å². The van der Waals surface area contributed by atoms with Crippen LogP contribution in [0, 0.1) is 5.82 Å². The quantitative estimate of drug-likeness (QED) is 0.667. The first kappa shape index (κ1) is 14.9. The molecule has 0 aliphatic carbocycles. The van der Waals surface area contributed by atoms with Crippen molar-refractivity contribution in [2.45, 2.75) is 29.0 Å². The normalized spacial score (nSPS) is 18.5. The standard InChI is InChI=1S/C16H16ClFN2S/c17-12-7-10(5-6-13(12)18)8-14(20-19)16-9-11-3-1-2-4-15(11)21-16/h1-7,14,16,20H,8-9,19H2. The largest absolute Gasteiger partial charge is 0.271 e. The highest BCUT2D eigenvalue weighted by atomic mass is 35.5. The number of benzene rings is 2. The van der Waals surface area contributed by atoms with E-state index in [1.807, 2.05) is 11.8 Å². The molecule has 5 heteroatoms. The zero-order valence-electron chi connectivity index (χ0n) is 11.4. The molecule has 2 aromatic rings. The third-order valence-electron chi connectivity index (χ3n) is 3.77. The maximum absolute atomic E-state index is 13.2. The van der Waals surface area contributed by atoms with E-state index in [-0.39, 0.29) is 16.9 Å². The number of rotatable bonds is 4. The van der Waals surface area contributed by atoms with Crippen LogP contribution in [0.1, 0.15) is 11.1 Å². The summed E-state index contributed by atoms with van der Waals surface area (Å²) in [6.45, 7) is 0. The minimum atomic E-state index is -0.389. The van der Waals surface area contributed by atoms with Gasteiger partial charge in [0.2, 0.25) is 0 Å². The van der Waals surface area contributed by atoms with Crippen molar-refractivity contribution in [1.29, 1.82) is 0 Å². The number of hydrazine groups is 1. The van der Waals surface area contributed by atoms with Crippen molar-refractivity contribution in [3.05, 3.63) is 64.4 Å². The Morgan fingerprint density at radius 3 is 2.86 bits per heavy atom. The van der Waals surface area contributed by atoms with E-state index < -0.39 is 0 Å². The van der Waals surface area contributed by atoms with Crippen LogP contribution in [0.15, 0.2) is 47.4 Å². The van der Waals surface area contributed by atoms with Crippen LogP contribution in [0.4, 0.5) is 4.39 Å². The van der Waals surface area contributed by atoms with Crippen molar-refractivity contribution in [2.75, 3.05) is 0 Å². The second-order valence-corrected chi connectivity index (χ2v) is 6.88. The Balaban J connectivity index is 1.73. The molecule has 2 aromatic carbocycles. The zero-order valence-corrected chi connectivity index (χ0v) is 12.9. The number of nitrogens with two attached hydrogens (primary N) is 1. The second-order valence-electron chi connectivity index (χ2n) is 5.19. The summed E-state index contributed by atoms with van der Waals surface area (Å²) in [7, 11) is 0. The van der Waals surface area contributed by atoms with E-state index in [1.54, 1.807) is 12.1 Å². The summed E-state index contributed by atoms with van der Waals surface area (Å²) in [5.74, 6) is 5.34. The van der Waals surface area contributed by atoms with E-state index >= 15 is 0 Å². The Hall–Kier alpha value is -1.07. The Kier molecular flexibility index (Phi) is 4.50. The highest BCUT2D eigenvalue weighted by molar-refractivity contribution is 8.00. The third kappa shape index (κ3) is 3.24. The van der Waals surface area contributed by atoms with Crippen molar-refractivity contribution in [1.82, 2.24) is 5.43 Å². The number of hydrogen-bond donors (Lipinski definition) is 2. The lowest BCUT2D eigenvalue weighted by Crippen LogP contribution is -2.44. The molecule has 3 rings (SSSR count). The Morgan fingerprint density at radius 1 is 1.33 bits per heavy atom. The molecule has 0 bridgehead atoms. The van der Waals surface area contributed by atoms with Crippen molar-refractivity contribution < 1.29 is 4.39 Å². The van der Waals surface area contributed by atoms with E-state index in [2.05, 4.69) is 29.7 Å². The summed E-state index contributed by atoms with van der Waals surface area (Å²) in [6, 6.07) is 13.4. The number of nitrogens with one attached hydrogen (secondary N) is 1. The summed E-state index contributed by atoms with van der Waals surface area (Å²) in [5, 5.41) is 0.530. The van der Waals surface area contributed by atoms with Crippen LogP contribution in [0.25, 0.3) is 0 Å². The molecule has 21 heavy (non-hydrogen) atoms. The highest BCUT2D eigenvalue weighted by Gasteiger charge is 2.28. The van der Waals surface area contributed by atoms with Gasteiger partial charge in [-0.15, -0.1) is 11.8 Å². The van der Waals surface area contributed by atoms with Gasteiger partial charge in [-0.3, -0.25) is 11.3 Å². The van der Waals surface area contributed by atoms with Crippen LogP contribution in [0.5, 0.6) is 0 Å². The van der Waals surface area contributed by atoms with Crippen molar-refractivity contribution in [3.63, 3.8) is 0 Å². The summed E-state index contributed by atoms with van der Waals surface area (Å²) in [5.41, 5.74) is 5.26. The first-order chi connectivity index (χ1) is 10.2. The molecule has 0 aromatic heterocycles. The van der Waals surface area contributed by atoms with Crippen LogP contribution < -0.4 is 11.3 Å². The topological polar surface area (TPSA) is 38.0 Å². The molecule has 0 radical (unpaired) electrons. The fourth-order valence-electron chi connectivity index (χ4n) is 2.65. The SMILES string of the molecule is NNC(Cc1ccc(F)c(Cl)c1)C1Cc2ccccc2S1. The summed E-state index contributed by atoms with van der Waals surface area (Å²) >= 11 is 7.69. The summed E-state index contributed by atoms with van der Waals surface area (Å²) in [6.07, 6.45) is 1.72. The first-order valence-corrected chi connectivity index (χ1v) is 8.08. The van der Waals surface area contributed by atoms with E-state index in [1.165, 1.54) is 16.5 Å². The molecular weight excluding hydrogens is 307 g/mol. The number of hydrogen-bond acceptors (Lipinski definition) is 3. The highest BCUT2D eigenvalue weighted by Crippen LogP contribution is 2.38. The van der Waals surface area contributed by atoms with Gasteiger partial charge in [-0.1, -0.05) is 35.9 Å². The molecule has 110 valence electrons. The second kappa shape index (κ2) is 6.36. The fraction of sp³-hybridized carbons (Fsp3) is 0.250. The van der Waals surface area contributed by atoms with E-state index in [0.717, 1.165) is 18.4 Å². The van der Waals surface area contributed by atoms with Crippen molar-refractivity contribution in [2.24, 2.45) is 5.84 Å². The molecule has 1 heterocycles. The molecule has 1 aliphatic heterocycles. The lowest BCUT2D eigenvalue weighted by molar-refractivity contribution is 0.506. The van der Waals surface area contributed by atoms with E-state index in [4.69, 9.17) is 17.4 Å². The average Bonchev–Trinajstić information content (AvgIpc) is 2.92. The number of thioether (sulfide) groups is 1. The maximum atomic E-state index is 13.2. The van der Waals surface area contributed by atoms with Crippen molar-refractivity contribution in [3.8, 4) is 0 Å². The predicted octanol–water partition coefficient (Wildman–Crippen LogP) is 3.57. The molecule has 2 nitrogen and oxygen atoms in total. The molecule has 2 unspecified atom stereocenters. The van der Waals surface area contributed by atoms with Crippen LogP contribution in [0.3, 0.4) is 0 Å². The average molecular weight is 323 g/mol. The lowest BCUT2D eigenvalue weighted by atomic mass is 9.99. The van der Waals surface area contributed by atoms with Crippen LogP contribution in [-0.2, 0) is 12.8 Å². The monoisotopic (exact) mass is 322 g/mol. The van der Waals surface area contributed by atoms with Gasteiger partial charge in [-0.25, -0.2) is 4.39 Å². The summed E-state index contributed by atoms with van der Waals surface area (Å²) in [4.78, 5) is 1.32. The van der Waals surface area contributed by atoms with Gasteiger partial charge >= 0.3 is 0 Å². The molecule has 0 saturated heterocycles. The first-order valence-electron chi connectivity index (χ1n) is 6.82. The van der Waals surface area contributed by atoms with Crippen LogP contribution in [-0.4, -0.2) is 11.3 Å². The molecule has 2 atom stereocenters. The van der Waals surface area contributed by atoms with Crippen LogP contribution in [0.2, 0.25) is 5.02 Å². The molecular formula is C16H16ClFN2S. The molecule has 3 N–H and O–H groups in total. The molecule has 0 amide bonds. The van der Waals surface area contributed by atoms with Gasteiger partial charge in [-0.2, -0.15) is 0 Å². The van der Waals surface area contributed by atoms with Gasteiger partial charge < -0.3 is 0 Å². The zero-order chi connectivity index (χ0) is 14.8. The maximum Gasteiger partial charge on any atom is 0.141 e.